The Hall–Kier alpha value is -3.81. The predicted molar refractivity (Wildman–Crippen MR) is 175 cm³/mol. The third kappa shape index (κ3) is 10.3. The number of alkyl halides is 1. The molecule has 3 saturated carbocycles. The standard InChI is InChI=1S/C28H38F2N4O3.C6H12N2O3/c1-17-16-34(14-13-33(17)2)23(35)10-4-18-3-9-22(21(29)15-18)31-26(36)25(32-27(37)28(30)11-12-28)24(19-5-6-19)20-7-8-20;1-3-11-6(10)8-4(2)5(7)9/h3,9,15,17,19-20,24-25H,4-8,10-14,16H2,1-2H3,(H,31,36)(H,32,37);4H,3H2,1-2H3,(H2,7,9)(H,8,10)/t17-,25?;/m1./s1. The Balaban J connectivity index is 0.000000408. The fourth-order valence-corrected chi connectivity index (χ4v) is 5.97. The largest absolute Gasteiger partial charge is 0.450 e. The molecule has 4 aliphatic rings. The maximum atomic E-state index is 15.0. The molecule has 0 radical (unpaired) electrons. The van der Waals surface area contributed by atoms with Gasteiger partial charge in [0.05, 0.1) is 12.3 Å². The van der Waals surface area contributed by atoms with Gasteiger partial charge in [-0.15, -0.1) is 0 Å². The van der Waals surface area contributed by atoms with Crippen molar-refractivity contribution in [1.29, 1.82) is 0 Å². The lowest BCUT2D eigenvalue weighted by molar-refractivity contribution is -0.133. The van der Waals surface area contributed by atoms with Crippen LogP contribution in [0.5, 0.6) is 0 Å². The summed E-state index contributed by atoms with van der Waals surface area (Å²) in [6.07, 6.45) is 4.42. The molecule has 14 heteroatoms. The van der Waals surface area contributed by atoms with Crippen LogP contribution >= 0.6 is 0 Å². The number of alkyl carbamates (subject to hydrolysis) is 1. The molecule has 2 unspecified atom stereocenters. The van der Waals surface area contributed by atoms with Crippen LogP contribution in [0.1, 0.15) is 71.3 Å². The van der Waals surface area contributed by atoms with E-state index < -0.39 is 47.4 Å². The minimum absolute atomic E-state index is 0.0268. The number of nitrogens with one attached hydrogen (secondary N) is 3. The number of halogens is 2. The summed E-state index contributed by atoms with van der Waals surface area (Å²) in [6, 6.07) is 3.32. The first kappa shape index (κ1) is 37.0. The first-order valence-electron chi connectivity index (χ1n) is 17.0. The van der Waals surface area contributed by atoms with Crippen molar-refractivity contribution in [2.45, 2.75) is 95.9 Å². The van der Waals surface area contributed by atoms with Gasteiger partial charge in [0.2, 0.25) is 17.7 Å². The van der Waals surface area contributed by atoms with Gasteiger partial charge < -0.3 is 36.2 Å². The number of aryl methyl sites for hydroxylation is 1. The number of carbonyl (C=O) groups excluding carboxylic acids is 5. The molecular weight excluding hydrogens is 626 g/mol. The van der Waals surface area contributed by atoms with Crippen LogP contribution in [0.2, 0.25) is 0 Å². The van der Waals surface area contributed by atoms with Crippen molar-refractivity contribution in [1.82, 2.24) is 20.4 Å². The van der Waals surface area contributed by atoms with Crippen LogP contribution in [0, 0.1) is 23.6 Å². The Kier molecular flexibility index (Phi) is 12.4. The molecule has 48 heavy (non-hydrogen) atoms. The highest BCUT2D eigenvalue weighted by Crippen LogP contribution is 2.51. The van der Waals surface area contributed by atoms with E-state index in [1.807, 2.05) is 11.9 Å². The number of primary amides is 1. The highest BCUT2D eigenvalue weighted by Gasteiger charge is 2.54. The van der Waals surface area contributed by atoms with Gasteiger partial charge in [0.1, 0.15) is 17.9 Å². The fourth-order valence-electron chi connectivity index (χ4n) is 5.97. The Morgan fingerprint density at radius 2 is 1.71 bits per heavy atom. The molecule has 1 saturated heterocycles. The number of rotatable bonds is 13. The van der Waals surface area contributed by atoms with Crippen LogP contribution in [-0.2, 0) is 30.3 Å². The lowest BCUT2D eigenvalue weighted by Crippen LogP contribution is -2.52. The van der Waals surface area contributed by atoms with Crippen molar-refractivity contribution in [2.24, 2.45) is 23.5 Å². The van der Waals surface area contributed by atoms with E-state index in [-0.39, 0.29) is 37.0 Å². The van der Waals surface area contributed by atoms with Crippen LogP contribution in [0.3, 0.4) is 0 Å². The zero-order valence-corrected chi connectivity index (χ0v) is 28.4. The van der Waals surface area contributed by atoms with E-state index in [0.717, 1.165) is 32.2 Å². The van der Waals surface area contributed by atoms with Gasteiger partial charge in [0.15, 0.2) is 5.67 Å². The Morgan fingerprint density at radius 3 is 2.23 bits per heavy atom. The lowest BCUT2D eigenvalue weighted by atomic mass is 9.88. The van der Waals surface area contributed by atoms with E-state index in [2.05, 4.69) is 32.5 Å². The second-order valence-corrected chi connectivity index (χ2v) is 13.6. The van der Waals surface area contributed by atoms with Gasteiger partial charge in [-0.2, -0.15) is 0 Å². The Bertz CT molecular complexity index is 1340. The molecule has 5 amide bonds. The SMILES string of the molecule is CCOC(=O)NC(C)C(N)=O.C[C@@H]1CN(C(=O)CCc2ccc(NC(=O)C(NC(=O)C3(F)CC3)C(C3CC3)C3CC3)c(F)c2)CCN1C. The molecular formula is C34H50F2N6O6. The number of hydrogen-bond acceptors (Lipinski definition) is 7. The summed E-state index contributed by atoms with van der Waals surface area (Å²) in [5.41, 5.74) is 3.70. The highest BCUT2D eigenvalue weighted by molar-refractivity contribution is 5.99. The van der Waals surface area contributed by atoms with Crippen molar-refractivity contribution in [3.63, 3.8) is 0 Å². The van der Waals surface area contributed by atoms with Crippen LogP contribution in [-0.4, -0.2) is 96.6 Å². The van der Waals surface area contributed by atoms with Gasteiger partial charge in [-0.3, -0.25) is 19.2 Å². The lowest BCUT2D eigenvalue weighted by Gasteiger charge is -2.37. The van der Waals surface area contributed by atoms with E-state index in [1.54, 1.807) is 13.0 Å². The van der Waals surface area contributed by atoms with Gasteiger partial charge in [0.25, 0.3) is 5.91 Å². The van der Waals surface area contributed by atoms with E-state index in [9.17, 15) is 32.8 Å². The van der Waals surface area contributed by atoms with Gasteiger partial charge >= 0.3 is 6.09 Å². The van der Waals surface area contributed by atoms with E-state index >= 15 is 0 Å². The topological polar surface area (TPSA) is 163 Å². The second kappa shape index (κ2) is 16.1. The third-order valence-corrected chi connectivity index (χ3v) is 9.65. The predicted octanol–water partition coefficient (Wildman–Crippen LogP) is 2.89. The van der Waals surface area contributed by atoms with Crippen LogP contribution in [0.4, 0.5) is 19.3 Å². The number of nitrogens with two attached hydrogens (primary N) is 1. The van der Waals surface area contributed by atoms with Crippen LogP contribution < -0.4 is 21.7 Å². The monoisotopic (exact) mass is 676 g/mol. The smallest absolute Gasteiger partial charge is 0.407 e. The van der Waals surface area contributed by atoms with E-state index in [4.69, 9.17) is 5.73 Å². The number of ether oxygens (including phenoxy) is 1. The second-order valence-electron chi connectivity index (χ2n) is 13.6. The number of piperazine rings is 1. The highest BCUT2D eigenvalue weighted by atomic mass is 19.1. The van der Waals surface area contributed by atoms with Crippen molar-refractivity contribution in [3.8, 4) is 0 Å². The summed E-state index contributed by atoms with van der Waals surface area (Å²) in [5.74, 6) is -1.70. The third-order valence-electron chi connectivity index (χ3n) is 9.65. The summed E-state index contributed by atoms with van der Waals surface area (Å²) < 4.78 is 33.9. The number of benzene rings is 1. The first-order chi connectivity index (χ1) is 22.7. The van der Waals surface area contributed by atoms with Crippen LogP contribution in [0.25, 0.3) is 0 Å². The Labute approximate surface area is 280 Å². The molecule has 1 aromatic rings. The number of amides is 5. The molecule has 5 rings (SSSR count). The molecule has 3 atom stereocenters. The summed E-state index contributed by atoms with van der Waals surface area (Å²) in [4.78, 5) is 63.5. The normalized spacial score (nSPS) is 21.2. The summed E-state index contributed by atoms with van der Waals surface area (Å²) >= 11 is 0. The number of anilines is 1. The van der Waals surface area contributed by atoms with E-state index in [0.29, 0.717) is 49.4 Å². The number of hydrogen-bond donors (Lipinski definition) is 4. The van der Waals surface area contributed by atoms with Crippen LogP contribution in [0.15, 0.2) is 18.2 Å². The van der Waals surface area contributed by atoms with Crippen molar-refractivity contribution >= 4 is 35.4 Å². The molecule has 1 aliphatic heterocycles. The molecule has 266 valence electrons. The minimum atomic E-state index is -1.87. The number of nitrogens with zero attached hydrogens (tertiary/aromatic N) is 2. The molecule has 4 fully saturated rings. The van der Waals surface area contributed by atoms with Gasteiger partial charge in [-0.25, -0.2) is 13.6 Å². The quantitative estimate of drug-likeness (QED) is 0.250. The zero-order valence-electron chi connectivity index (χ0n) is 28.4. The molecule has 12 nitrogen and oxygen atoms in total. The summed E-state index contributed by atoms with van der Waals surface area (Å²) in [7, 11) is 2.05. The molecule has 1 heterocycles. The first-order valence-corrected chi connectivity index (χ1v) is 17.0. The summed E-state index contributed by atoms with van der Waals surface area (Å²) in [5, 5.41) is 7.59. The van der Waals surface area contributed by atoms with Gasteiger partial charge in [-0.1, -0.05) is 6.07 Å². The van der Waals surface area contributed by atoms with E-state index in [1.165, 1.54) is 19.1 Å². The molecule has 1 aromatic carbocycles. The van der Waals surface area contributed by atoms with Gasteiger partial charge in [-0.05, 0) is 108 Å². The maximum Gasteiger partial charge on any atom is 0.407 e. The molecule has 5 N–H and O–H groups in total. The van der Waals surface area contributed by atoms with Gasteiger partial charge in [0, 0.05) is 32.1 Å². The average Bonchev–Trinajstić information content (AvgIpc) is 3.88. The summed E-state index contributed by atoms with van der Waals surface area (Å²) in [6.45, 7) is 7.76. The molecule has 0 spiro atoms. The molecule has 3 aliphatic carbocycles. The van der Waals surface area contributed by atoms with Crippen molar-refractivity contribution < 1.29 is 37.5 Å². The average molecular weight is 677 g/mol. The Morgan fingerprint density at radius 1 is 1.06 bits per heavy atom. The molecule has 0 aromatic heterocycles. The molecule has 0 bridgehead atoms. The maximum absolute atomic E-state index is 15.0. The number of likely N-dealkylation sites (N-methyl/N-ethyl adjacent to an activating group) is 1. The minimum Gasteiger partial charge on any atom is -0.450 e. The fraction of sp³-hybridized carbons (Fsp3) is 0.676. The zero-order chi connectivity index (χ0) is 35.2. The number of carbonyl (C=O) groups is 5. The van der Waals surface area contributed by atoms with Crippen molar-refractivity contribution in [3.05, 3.63) is 29.6 Å². The van der Waals surface area contributed by atoms with Crippen molar-refractivity contribution in [2.75, 3.05) is 38.6 Å².